The monoisotopic (exact) mass is 447 g/mol. The second-order valence-corrected chi connectivity index (χ2v) is 7.43. The summed E-state index contributed by atoms with van der Waals surface area (Å²) in [5.74, 6) is 0.203. The fourth-order valence-electron chi connectivity index (χ4n) is 3.32. The number of aromatic nitrogens is 3. The molecule has 0 aliphatic heterocycles. The van der Waals surface area contributed by atoms with Crippen LogP contribution in [0.25, 0.3) is 11.0 Å². The van der Waals surface area contributed by atoms with Gasteiger partial charge in [0, 0.05) is 35.3 Å². The van der Waals surface area contributed by atoms with E-state index < -0.39 is 0 Å². The molecule has 1 unspecified atom stereocenters. The number of carbonyl (C=O) groups is 1. The van der Waals surface area contributed by atoms with Crippen LogP contribution in [0.15, 0.2) is 61.1 Å². The van der Waals surface area contributed by atoms with Crippen molar-refractivity contribution in [3.8, 4) is 5.88 Å². The number of pyridine rings is 3. The van der Waals surface area contributed by atoms with Gasteiger partial charge in [0.25, 0.3) is 0 Å². The van der Waals surface area contributed by atoms with E-state index >= 15 is 0 Å². The fourth-order valence-corrected chi connectivity index (χ4v) is 3.32. The molecular weight excluding hydrogens is 418 g/mol. The average Bonchev–Trinajstić information content (AvgIpc) is 2.83. The van der Waals surface area contributed by atoms with Crippen LogP contribution in [0, 0.1) is 5.41 Å². The van der Waals surface area contributed by atoms with Crippen molar-refractivity contribution in [1.82, 2.24) is 20.3 Å². The number of hydrogen-bond acceptors (Lipinski definition) is 8. The van der Waals surface area contributed by atoms with E-state index in [1.807, 2.05) is 30.3 Å². The first-order chi connectivity index (χ1) is 16.1. The van der Waals surface area contributed by atoms with Gasteiger partial charge in [-0.2, -0.15) is 0 Å². The quantitative estimate of drug-likeness (QED) is 0.317. The van der Waals surface area contributed by atoms with Gasteiger partial charge in [0.05, 0.1) is 26.2 Å². The Labute approximate surface area is 193 Å². The second-order valence-electron chi connectivity index (χ2n) is 7.43. The Hall–Kier alpha value is -3.81. The molecule has 3 heterocycles. The van der Waals surface area contributed by atoms with Crippen molar-refractivity contribution in [2.24, 2.45) is 0 Å². The van der Waals surface area contributed by atoms with E-state index in [2.05, 4.69) is 20.3 Å². The minimum atomic E-state index is -0.319. The van der Waals surface area contributed by atoms with Gasteiger partial charge in [0.15, 0.2) is 5.65 Å². The predicted octanol–water partition coefficient (Wildman–Crippen LogP) is 4.17. The lowest BCUT2D eigenvalue weighted by molar-refractivity contribution is -0.143. The molecule has 0 amide bonds. The molecule has 0 saturated heterocycles. The van der Waals surface area contributed by atoms with Crippen molar-refractivity contribution in [3.05, 3.63) is 72.3 Å². The highest BCUT2D eigenvalue weighted by atomic mass is 16.5. The van der Waals surface area contributed by atoms with E-state index in [4.69, 9.17) is 14.9 Å². The molecule has 0 aliphatic carbocycles. The Kier molecular flexibility index (Phi) is 8.88. The molecule has 0 spiro atoms. The van der Waals surface area contributed by atoms with Gasteiger partial charge in [-0.15, -0.1) is 0 Å². The minimum Gasteiger partial charge on any atom is -0.481 e. The van der Waals surface area contributed by atoms with Crippen LogP contribution in [0.4, 0.5) is 0 Å². The first-order valence-corrected chi connectivity index (χ1v) is 10.9. The maximum atomic E-state index is 12.0. The lowest BCUT2D eigenvalue weighted by Crippen LogP contribution is -2.21. The summed E-state index contributed by atoms with van der Waals surface area (Å²) >= 11 is 0. The Bertz CT molecular complexity index is 1100. The highest BCUT2D eigenvalue weighted by Crippen LogP contribution is 2.19. The van der Waals surface area contributed by atoms with Crippen LogP contribution >= 0.6 is 0 Å². The first-order valence-electron chi connectivity index (χ1n) is 10.9. The van der Waals surface area contributed by atoms with Gasteiger partial charge >= 0.3 is 5.97 Å². The molecule has 0 fully saturated rings. The summed E-state index contributed by atoms with van der Waals surface area (Å²) in [6, 6.07) is 11.2. The Morgan fingerprint density at radius 1 is 1.21 bits per heavy atom. The number of hydrogen-bond donors (Lipinski definition) is 2. The third-order valence-electron chi connectivity index (χ3n) is 5.03. The topological polar surface area (TPSA) is 110 Å². The molecule has 3 aromatic heterocycles. The molecule has 2 N–H and O–H groups in total. The van der Waals surface area contributed by atoms with Gasteiger partial charge in [-0.1, -0.05) is 6.07 Å². The van der Waals surface area contributed by atoms with Gasteiger partial charge < -0.3 is 20.2 Å². The standard InChI is InChI=1S/C25H29N5O3/c1-3-33-24(31)16-22(19-10-12-23(32-2)29-17-19)27-15-13-20(26)7-4-8-21-11-9-18-6-5-14-28-25(18)30-21/h5-6,9-15,17,22,26-27H,3-4,7-8,16H2,1-2H3/b15-13-,26-20?. The summed E-state index contributed by atoms with van der Waals surface area (Å²) < 4.78 is 10.2. The molecule has 0 saturated carbocycles. The number of carbonyl (C=O) groups excluding carboxylic acids is 1. The number of allylic oxidation sites excluding steroid dienone is 1. The van der Waals surface area contributed by atoms with Crippen molar-refractivity contribution in [3.63, 3.8) is 0 Å². The van der Waals surface area contributed by atoms with E-state index in [0.717, 1.165) is 35.1 Å². The SMILES string of the molecule is CCOC(=O)CC(N/C=C\C(=N)CCCc1ccc2cccnc2n1)c1ccc(OC)nc1. The van der Waals surface area contributed by atoms with Crippen molar-refractivity contribution in [2.75, 3.05) is 13.7 Å². The molecule has 172 valence electrons. The number of fused-ring (bicyclic) bond motifs is 1. The van der Waals surface area contributed by atoms with Crippen molar-refractivity contribution in [2.45, 2.75) is 38.6 Å². The molecule has 0 aliphatic rings. The Morgan fingerprint density at radius 2 is 2.09 bits per heavy atom. The smallest absolute Gasteiger partial charge is 0.308 e. The second kappa shape index (κ2) is 12.3. The van der Waals surface area contributed by atoms with E-state index in [1.165, 1.54) is 0 Å². The third-order valence-corrected chi connectivity index (χ3v) is 5.03. The highest BCUT2D eigenvalue weighted by molar-refractivity contribution is 5.92. The van der Waals surface area contributed by atoms with Gasteiger partial charge in [0.2, 0.25) is 5.88 Å². The van der Waals surface area contributed by atoms with Crippen LogP contribution in [0.3, 0.4) is 0 Å². The zero-order valence-electron chi connectivity index (χ0n) is 19.0. The maximum Gasteiger partial charge on any atom is 0.308 e. The number of ether oxygens (including phenoxy) is 2. The molecular formula is C25H29N5O3. The number of rotatable bonds is 12. The molecule has 3 aromatic rings. The van der Waals surface area contributed by atoms with Crippen molar-refractivity contribution in [1.29, 1.82) is 5.41 Å². The molecule has 8 nitrogen and oxygen atoms in total. The van der Waals surface area contributed by atoms with Crippen LogP contribution < -0.4 is 10.1 Å². The number of aryl methyl sites for hydroxylation is 1. The first kappa shape index (κ1) is 23.8. The minimum absolute atomic E-state index is 0.154. The summed E-state index contributed by atoms with van der Waals surface area (Å²) in [5.41, 5.74) is 3.03. The lowest BCUT2D eigenvalue weighted by atomic mass is 10.1. The van der Waals surface area contributed by atoms with Gasteiger partial charge in [0.1, 0.15) is 0 Å². The molecule has 1 atom stereocenters. The van der Waals surface area contributed by atoms with Crippen molar-refractivity contribution < 1.29 is 14.3 Å². The summed E-state index contributed by atoms with van der Waals surface area (Å²) in [5, 5.41) is 12.4. The summed E-state index contributed by atoms with van der Waals surface area (Å²) in [4.78, 5) is 25.1. The molecule has 0 aromatic carbocycles. The van der Waals surface area contributed by atoms with Crippen molar-refractivity contribution >= 4 is 22.7 Å². The van der Waals surface area contributed by atoms with E-state index in [9.17, 15) is 4.79 Å². The van der Waals surface area contributed by atoms with Crippen LogP contribution in [0.2, 0.25) is 0 Å². The summed E-state index contributed by atoms with van der Waals surface area (Å²) in [6.07, 6.45) is 9.18. The van der Waals surface area contributed by atoms with E-state index in [1.54, 1.807) is 44.8 Å². The molecule has 8 heteroatoms. The number of esters is 1. The van der Waals surface area contributed by atoms with Crippen LogP contribution in [0.5, 0.6) is 5.88 Å². The van der Waals surface area contributed by atoms with E-state index in [0.29, 0.717) is 24.6 Å². The molecule has 0 radical (unpaired) electrons. The van der Waals surface area contributed by atoms with Crippen LogP contribution in [0.1, 0.15) is 43.5 Å². The lowest BCUT2D eigenvalue weighted by Gasteiger charge is -2.17. The molecule has 3 rings (SSSR count). The van der Waals surface area contributed by atoms with Gasteiger partial charge in [-0.3, -0.25) is 4.79 Å². The average molecular weight is 448 g/mol. The molecule has 33 heavy (non-hydrogen) atoms. The van der Waals surface area contributed by atoms with E-state index in [-0.39, 0.29) is 18.4 Å². The van der Waals surface area contributed by atoms with Crippen LogP contribution in [-0.4, -0.2) is 40.3 Å². The number of methoxy groups -OCH3 is 1. The third kappa shape index (κ3) is 7.38. The largest absolute Gasteiger partial charge is 0.481 e. The molecule has 0 bridgehead atoms. The zero-order valence-corrected chi connectivity index (χ0v) is 19.0. The summed E-state index contributed by atoms with van der Waals surface area (Å²) in [6.45, 7) is 2.11. The van der Waals surface area contributed by atoms with Crippen LogP contribution in [-0.2, 0) is 16.0 Å². The zero-order chi connectivity index (χ0) is 23.5. The van der Waals surface area contributed by atoms with Gasteiger partial charge in [-0.05, 0) is 68.3 Å². The normalized spacial score (nSPS) is 11.9. The fraction of sp³-hybridized carbons (Fsp3) is 0.320. The van der Waals surface area contributed by atoms with Gasteiger partial charge in [-0.25, -0.2) is 15.0 Å². The predicted molar refractivity (Wildman–Crippen MR) is 127 cm³/mol. The summed E-state index contributed by atoms with van der Waals surface area (Å²) in [7, 11) is 1.55. The maximum absolute atomic E-state index is 12.0. The number of nitrogens with one attached hydrogen (secondary N) is 2. The Balaban J connectivity index is 1.52. The highest BCUT2D eigenvalue weighted by Gasteiger charge is 2.16. The number of nitrogens with zero attached hydrogens (tertiary/aromatic N) is 3. The Morgan fingerprint density at radius 3 is 2.85 bits per heavy atom.